The van der Waals surface area contributed by atoms with Gasteiger partial charge in [0.15, 0.2) is 0 Å². The monoisotopic (exact) mass is 333 g/mol. The highest BCUT2D eigenvalue weighted by atomic mass is 32.2. The summed E-state index contributed by atoms with van der Waals surface area (Å²) >= 11 is 1.52. The normalized spacial score (nSPS) is 20.6. The largest absolute Gasteiger partial charge is 0.496 e. The number of allylic oxidation sites excluding steroid dienone is 1. The molecule has 6 heteroatoms. The molecule has 0 aromatic heterocycles. The molecule has 0 saturated carbocycles. The fourth-order valence-corrected chi connectivity index (χ4v) is 3.85. The number of rotatable bonds is 2. The number of esters is 1. The Morgan fingerprint density at radius 3 is 2.87 bits per heavy atom. The topological polar surface area (TPSA) is 55.8 Å². The minimum Gasteiger partial charge on any atom is -0.496 e. The smallest absolute Gasteiger partial charge is 0.314 e. The van der Waals surface area contributed by atoms with Crippen molar-refractivity contribution in [2.45, 2.75) is 19.4 Å². The van der Waals surface area contributed by atoms with Crippen LogP contribution in [-0.2, 0) is 25.6 Å². The van der Waals surface area contributed by atoms with E-state index >= 15 is 0 Å². The van der Waals surface area contributed by atoms with Crippen molar-refractivity contribution in [1.29, 1.82) is 0 Å². The average molecular weight is 333 g/mol. The van der Waals surface area contributed by atoms with Crippen LogP contribution in [0, 0.1) is 0 Å². The molecule has 1 atom stereocenters. The van der Waals surface area contributed by atoms with Crippen molar-refractivity contribution in [3.8, 4) is 0 Å². The zero-order valence-corrected chi connectivity index (χ0v) is 14.0. The Bertz CT molecular complexity index is 670. The Hall–Kier alpha value is -1.95. The third kappa shape index (κ3) is 3.08. The third-order valence-corrected chi connectivity index (χ3v) is 5.25. The molecule has 2 aliphatic rings. The van der Waals surface area contributed by atoms with E-state index in [4.69, 9.17) is 9.47 Å². The van der Waals surface area contributed by atoms with Crippen LogP contribution in [0.4, 0.5) is 0 Å². The maximum atomic E-state index is 12.8. The molecule has 0 spiro atoms. The minimum absolute atomic E-state index is 0.0735. The molecule has 122 valence electrons. The summed E-state index contributed by atoms with van der Waals surface area (Å²) < 4.78 is 10.4. The molecule has 5 nitrogen and oxygen atoms in total. The van der Waals surface area contributed by atoms with Gasteiger partial charge in [-0.15, -0.1) is 11.8 Å². The quantitative estimate of drug-likeness (QED) is 0.777. The van der Waals surface area contributed by atoms with E-state index in [1.54, 1.807) is 4.90 Å². The fraction of sp³-hybridized carbons (Fsp3) is 0.412. The third-order valence-electron chi connectivity index (χ3n) is 4.13. The van der Waals surface area contributed by atoms with Crippen LogP contribution in [0.3, 0.4) is 0 Å². The maximum absolute atomic E-state index is 12.8. The number of thioether (sulfide) groups is 1. The van der Waals surface area contributed by atoms with Gasteiger partial charge in [-0.05, 0) is 18.1 Å². The van der Waals surface area contributed by atoms with Crippen LogP contribution in [-0.4, -0.2) is 42.8 Å². The van der Waals surface area contributed by atoms with Gasteiger partial charge in [-0.25, -0.2) is 0 Å². The predicted octanol–water partition coefficient (Wildman–Crippen LogP) is 2.28. The van der Waals surface area contributed by atoms with Crippen LogP contribution in [0.2, 0.25) is 0 Å². The summed E-state index contributed by atoms with van der Waals surface area (Å²) in [6.07, 6.45) is 0. The minimum atomic E-state index is -0.440. The van der Waals surface area contributed by atoms with Gasteiger partial charge in [-0.1, -0.05) is 24.3 Å². The second-order valence-corrected chi connectivity index (χ2v) is 6.65. The SMILES string of the molecule is COC(=O)C1CN(C(=O)C2=C(C)OCCS2)Cc2ccccc21. The number of nitrogens with zero attached hydrogens (tertiary/aromatic N) is 1. The molecule has 0 radical (unpaired) electrons. The molecule has 0 bridgehead atoms. The molecule has 23 heavy (non-hydrogen) atoms. The molecule has 1 amide bonds. The van der Waals surface area contributed by atoms with Gasteiger partial charge in [0.2, 0.25) is 0 Å². The molecular weight excluding hydrogens is 314 g/mol. The highest BCUT2D eigenvalue weighted by Gasteiger charge is 2.35. The number of carbonyl (C=O) groups is 2. The van der Waals surface area contributed by atoms with Gasteiger partial charge in [0.1, 0.15) is 10.7 Å². The lowest BCUT2D eigenvalue weighted by atomic mass is 9.89. The van der Waals surface area contributed by atoms with E-state index < -0.39 is 5.92 Å². The van der Waals surface area contributed by atoms with Crippen LogP contribution < -0.4 is 0 Å². The molecule has 1 aromatic carbocycles. The molecule has 0 fully saturated rings. The lowest BCUT2D eigenvalue weighted by Gasteiger charge is -2.34. The molecule has 1 unspecified atom stereocenters. The summed E-state index contributed by atoms with van der Waals surface area (Å²) in [4.78, 5) is 27.3. The van der Waals surface area contributed by atoms with Crippen molar-refractivity contribution in [2.24, 2.45) is 0 Å². The number of benzene rings is 1. The lowest BCUT2D eigenvalue weighted by molar-refractivity contribution is -0.144. The number of hydrogen-bond acceptors (Lipinski definition) is 5. The fourth-order valence-electron chi connectivity index (χ4n) is 2.97. The van der Waals surface area contributed by atoms with Crippen molar-refractivity contribution < 1.29 is 19.1 Å². The van der Waals surface area contributed by atoms with Crippen molar-refractivity contribution in [3.63, 3.8) is 0 Å². The summed E-state index contributed by atoms with van der Waals surface area (Å²) in [5, 5.41) is 0. The molecule has 3 rings (SSSR count). The second kappa shape index (κ2) is 6.66. The predicted molar refractivity (Wildman–Crippen MR) is 87.7 cm³/mol. The highest BCUT2D eigenvalue weighted by Crippen LogP contribution is 2.33. The van der Waals surface area contributed by atoms with E-state index in [0.717, 1.165) is 16.9 Å². The Morgan fingerprint density at radius 1 is 1.35 bits per heavy atom. The number of amides is 1. The number of fused-ring (bicyclic) bond motifs is 1. The van der Waals surface area contributed by atoms with Gasteiger partial charge < -0.3 is 14.4 Å². The maximum Gasteiger partial charge on any atom is 0.314 e. The first-order valence-electron chi connectivity index (χ1n) is 7.53. The van der Waals surface area contributed by atoms with E-state index in [-0.39, 0.29) is 11.9 Å². The van der Waals surface area contributed by atoms with E-state index in [1.807, 2.05) is 31.2 Å². The summed E-state index contributed by atoms with van der Waals surface area (Å²) in [5.41, 5.74) is 1.93. The van der Waals surface area contributed by atoms with Crippen molar-refractivity contribution in [2.75, 3.05) is 26.0 Å². The highest BCUT2D eigenvalue weighted by molar-refractivity contribution is 8.04. The van der Waals surface area contributed by atoms with Crippen LogP contribution in [0.25, 0.3) is 0 Å². The van der Waals surface area contributed by atoms with Gasteiger partial charge in [0.05, 0.1) is 19.6 Å². The summed E-state index contributed by atoms with van der Waals surface area (Å²) in [7, 11) is 1.38. The first kappa shape index (κ1) is 15.9. The van der Waals surface area contributed by atoms with Gasteiger partial charge in [0.25, 0.3) is 5.91 Å². The van der Waals surface area contributed by atoms with Crippen molar-refractivity contribution in [1.82, 2.24) is 4.90 Å². The van der Waals surface area contributed by atoms with E-state index in [2.05, 4.69) is 0 Å². The van der Waals surface area contributed by atoms with Crippen LogP contribution in [0.15, 0.2) is 34.9 Å². The Morgan fingerprint density at radius 2 is 2.13 bits per heavy atom. The Balaban J connectivity index is 1.91. The Labute approximate surface area is 139 Å². The first-order valence-corrected chi connectivity index (χ1v) is 8.51. The number of methoxy groups -OCH3 is 1. The molecule has 1 aromatic rings. The molecule has 2 aliphatic heterocycles. The lowest BCUT2D eigenvalue weighted by Crippen LogP contribution is -2.41. The molecule has 0 N–H and O–H groups in total. The standard InChI is InChI=1S/C17H19NO4S/c1-11-15(23-8-7-22-11)16(19)18-9-12-5-3-4-6-13(12)14(10-18)17(20)21-2/h3-6,14H,7-10H2,1-2H3. The summed E-state index contributed by atoms with van der Waals surface area (Å²) in [5.74, 6) is 0.608. The van der Waals surface area contributed by atoms with Crippen molar-refractivity contribution >= 4 is 23.6 Å². The zero-order chi connectivity index (χ0) is 16.4. The molecule has 0 aliphatic carbocycles. The first-order chi connectivity index (χ1) is 11.1. The van der Waals surface area contributed by atoms with Crippen LogP contribution >= 0.6 is 11.8 Å². The van der Waals surface area contributed by atoms with Crippen LogP contribution in [0.1, 0.15) is 24.0 Å². The average Bonchev–Trinajstić information content (AvgIpc) is 2.60. The van der Waals surface area contributed by atoms with E-state index in [9.17, 15) is 9.59 Å². The summed E-state index contributed by atoms with van der Waals surface area (Å²) in [6.45, 7) is 3.27. The Kier molecular flexibility index (Phi) is 4.61. The van der Waals surface area contributed by atoms with E-state index in [0.29, 0.717) is 30.4 Å². The summed E-state index contributed by atoms with van der Waals surface area (Å²) in [6, 6.07) is 7.71. The van der Waals surface area contributed by atoms with Gasteiger partial charge in [0, 0.05) is 18.8 Å². The van der Waals surface area contributed by atoms with Gasteiger partial charge >= 0.3 is 5.97 Å². The number of hydrogen-bond donors (Lipinski definition) is 0. The molecule has 2 heterocycles. The van der Waals surface area contributed by atoms with Gasteiger partial charge in [-0.3, -0.25) is 9.59 Å². The molecular formula is C17H19NO4S. The number of carbonyl (C=O) groups excluding carboxylic acids is 2. The number of ether oxygens (including phenoxy) is 2. The van der Waals surface area contributed by atoms with Crippen LogP contribution in [0.5, 0.6) is 0 Å². The van der Waals surface area contributed by atoms with Crippen molar-refractivity contribution in [3.05, 3.63) is 46.1 Å². The second-order valence-electron chi connectivity index (χ2n) is 5.54. The molecule has 0 saturated heterocycles. The van der Waals surface area contributed by atoms with Gasteiger partial charge in [-0.2, -0.15) is 0 Å². The zero-order valence-electron chi connectivity index (χ0n) is 13.2. The van der Waals surface area contributed by atoms with E-state index in [1.165, 1.54) is 18.9 Å².